The third kappa shape index (κ3) is 4.26. The predicted molar refractivity (Wildman–Crippen MR) is 113 cm³/mol. The molecule has 158 valence electrons. The number of amides is 2. The van der Waals surface area contributed by atoms with Crippen LogP contribution in [0.25, 0.3) is 0 Å². The number of carbonyl (C=O) groups is 2. The van der Waals surface area contributed by atoms with Crippen molar-refractivity contribution in [2.75, 3.05) is 50.8 Å². The Bertz CT molecular complexity index is 881. The first-order valence-corrected chi connectivity index (χ1v) is 10.5. The van der Waals surface area contributed by atoms with E-state index in [1.165, 1.54) is 4.90 Å². The van der Waals surface area contributed by atoms with E-state index in [2.05, 4.69) is 0 Å². The number of rotatable bonds is 4. The van der Waals surface area contributed by atoms with Crippen molar-refractivity contribution in [3.63, 3.8) is 0 Å². The molecule has 2 aliphatic heterocycles. The van der Waals surface area contributed by atoms with Gasteiger partial charge in [-0.05, 0) is 24.6 Å². The highest BCUT2D eigenvalue weighted by atomic mass is 16.6. The Balaban J connectivity index is 1.49. The van der Waals surface area contributed by atoms with Gasteiger partial charge < -0.3 is 14.4 Å². The minimum absolute atomic E-state index is 0.0687. The van der Waals surface area contributed by atoms with E-state index in [0.717, 1.165) is 30.1 Å². The van der Waals surface area contributed by atoms with Crippen molar-refractivity contribution in [3.8, 4) is 5.75 Å². The number of hydrogen-bond donors (Lipinski definition) is 1. The van der Waals surface area contributed by atoms with Crippen LogP contribution in [0.5, 0.6) is 5.75 Å². The minimum atomic E-state index is -0.269. The third-order valence-electron chi connectivity index (χ3n) is 5.68. The lowest BCUT2D eigenvalue weighted by atomic mass is 10.0. The van der Waals surface area contributed by atoms with Crippen LogP contribution in [-0.4, -0.2) is 62.8 Å². The van der Waals surface area contributed by atoms with Gasteiger partial charge in [0.05, 0.1) is 44.5 Å². The number of nitrogens with one attached hydrogen (secondary N) is 1. The average molecular weight is 410 g/mol. The van der Waals surface area contributed by atoms with Crippen LogP contribution in [-0.2, 0) is 9.53 Å². The molecule has 7 heteroatoms. The summed E-state index contributed by atoms with van der Waals surface area (Å²) in [6, 6.07) is 17.6. The molecule has 1 N–H and O–H groups in total. The number of anilines is 1. The molecule has 2 aliphatic rings. The molecule has 1 saturated heterocycles. The van der Waals surface area contributed by atoms with Gasteiger partial charge in [-0.1, -0.05) is 42.5 Å². The molecule has 4 rings (SSSR count). The summed E-state index contributed by atoms with van der Waals surface area (Å²) in [4.78, 5) is 30.2. The van der Waals surface area contributed by atoms with E-state index < -0.39 is 0 Å². The molecule has 1 fully saturated rings. The summed E-state index contributed by atoms with van der Waals surface area (Å²) in [5.74, 6) is 0.805. The molecule has 2 aromatic carbocycles. The van der Waals surface area contributed by atoms with E-state index >= 15 is 0 Å². The van der Waals surface area contributed by atoms with Crippen LogP contribution in [0.2, 0.25) is 0 Å². The van der Waals surface area contributed by atoms with Gasteiger partial charge in [0.1, 0.15) is 12.4 Å². The van der Waals surface area contributed by atoms with Crippen LogP contribution in [0, 0.1) is 0 Å². The fourth-order valence-corrected chi connectivity index (χ4v) is 4.11. The van der Waals surface area contributed by atoms with Gasteiger partial charge in [-0.15, -0.1) is 0 Å². The highest BCUT2D eigenvalue weighted by Gasteiger charge is 2.36. The van der Waals surface area contributed by atoms with Crippen molar-refractivity contribution in [1.29, 1.82) is 0 Å². The van der Waals surface area contributed by atoms with Gasteiger partial charge in [-0.3, -0.25) is 14.6 Å². The fraction of sp³-hybridized carbons (Fsp3) is 0.391. The SMILES string of the molecule is CCOC(=O)N1CC[NH+](CC(=O)N2c3ccccc3OC[C@H]2c2ccccc2)CC1. The summed E-state index contributed by atoms with van der Waals surface area (Å²) in [6.07, 6.45) is -0.269. The second-order valence-corrected chi connectivity index (χ2v) is 7.58. The number of carbonyl (C=O) groups excluding carboxylic acids is 2. The van der Waals surface area contributed by atoms with E-state index in [0.29, 0.717) is 32.8 Å². The molecular weight excluding hydrogens is 382 g/mol. The normalized spacial score (nSPS) is 19.0. The van der Waals surface area contributed by atoms with Crippen LogP contribution < -0.4 is 14.5 Å². The zero-order valence-electron chi connectivity index (χ0n) is 17.3. The number of hydrogen-bond acceptors (Lipinski definition) is 4. The molecule has 0 radical (unpaired) electrons. The first kappa shape index (κ1) is 20.2. The maximum atomic E-state index is 13.5. The number of para-hydroxylation sites is 2. The highest BCUT2D eigenvalue weighted by Crippen LogP contribution is 2.39. The Morgan fingerprint density at radius 2 is 1.77 bits per heavy atom. The molecule has 1 atom stereocenters. The molecule has 2 aromatic rings. The van der Waals surface area contributed by atoms with E-state index in [1.54, 1.807) is 11.8 Å². The zero-order valence-corrected chi connectivity index (χ0v) is 17.3. The van der Waals surface area contributed by atoms with Crippen molar-refractivity contribution in [2.45, 2.75) is 13.0 Å². The summed E-state index contributed by atoms with van der Waals surface area (Å²) >= 11 is 0. The quantitative estimate of drug-likeness (QED) is 0.830. The molecule has 2 heterocycles. The number of quaternary nitrogens is 1. The van der Waals surface area contributed by atoms with E-state index in [-0.39, 0.29) is 18.0 Å². The lowest BCUT2D eigenvalue weighted by molar-refractivity contribution is -0.895. The summed E-state index contributed by atoms with van der Waals surface area (Å²) in [5, 5.41) is 0. The molecular formula is C23H28N3O4+. The summed E-state index contributed by atoms with van der Waals surface area (Å²) in [5.41, 5.74) is 1.87. The lowest BCUT2D eigenvalue weighted by Gasteiger charge is -2.38. The van der Waals surface area contributed by atoms with Crippen molar-refractivity contribution >= 4 is 17.7 Å². The van der Waals surface area contributed by atoms with Crippen molar-refractivity contribution in [2.24, 2.45) is 0 Å². The van der Waals surface area contributed by atoms with Crippen LogP contribution in [0.3, 0.4) is 0 Å². The molecule has 0 aromatic heterocycles. The predicted octanol–water partition coefficient (Wildman–Crippen LogP) is 1.51. The van der Waals surface area contributed by atoms with Gasteiger partial charge in [0.2, 0.25) is 0 Å². The fourth-order valence-electron chi connectivity index (χ4n) is 4.11. The molecule has 0 spiro atoms. The van der Waals surface area contributed by atoms with Crippen molar-refractivity contribution in [1.82, 2.24) is 4.90 Å². The summed E-state index contributed by atoms with van der Waals surface area (Å²) in [7, 11) is 0. The van der Waals surface area contributed by atoms with Gasteiger partial charge in [0.15, 0.2) is 6.54 Å². The Morgan fingerprint density at radius 1 is 1.07 bits per heavy atom. The van der Waals surface area contributed by atoms with Crippen LogP contribution in [0.15, 0.2) is 54.6 Å². The van der Waals surface area contributed by atoms with Crippen LogP contribution in [0.1, 0.15) is 18.5 Å². The first-order chi connectivity index (χ1) is 14.7. The Kier molecular flexibility index (Phi) is 6.18. The third-order valence-corrected chi connectivity index (χ3v) is 5.68. The first-order valence-electron chi connectivity index (χ1n) is 10.5. The molecule has 30 heavy (non-hydrogen) atoms. The van der Waals surface area contributed by atoms with E-state index in [1.807, 2.05) is 59.5 Å². The van der Waals surface area contributed by atoms with Gasteiger partial charge >= 0.3 is 6.09 Å². The monoisotopic (exact) mass is 410 g/mol. The van der Waals surface area contributed by atoms with E-state index in [4.69, 9.17) is 9.47 Å². The number of ether oxygens (including phenoxy) is 2. The summed E-state index contributed by atoms with van der Waals surface area (Å²) < 4.78 is 11.0. The Morgan fingerprint density at radius 3 is 2.50 bits per heavy atom. The highest BCUT2D eigenvalue weighted by molar-refractivity contribution is 5.96. The van der Waals surface area contributed by atoms with E-state index in [9.17, 15) is 9.59 Å². The molecule has 0 bridgehead atoms. The standard InChI is InChI=1S/C23H27N3O4/c1-2-29-23(28)25-14-12-24(13-15-25)16-22(27)26-19-10-6-7-11-21(19)30-17-20(26)18-8-4-3-5-9-18/h3-11,20H,2,12-17H2,1H3/p+1/t20-/m0/s1. The number of fused-ring (bicyclic) bond motifs is 1. The van der Waals surface area contributed by atoms with Crippen LogP contribution >= 0.6 is 0 Å². The second-order valence-electron chi connectivity index (χ2n) is 7.58. The molecule has 0 unspecified atom stereocenters. The lowest BCUT2D eigenvalue weighted by Crippen LogP contribution is -3.16. The van der Waals surface area contributed by atoms with Gasteiger partial charge in [0.25, 0.3) is 5.91 Å². The molecule has 0 saturated carbocycles. The Labute approximate surface area is 176 Å². The topological polar surface area (TPSA) is 63.5 Å². The largest absolute Gasteiger partial charge is 0.489 e. The van der Waals surface area contributed by atoms with Crippen molar-refractivity contribution < 1.29 is 24.0 Å². The zero-order chi connectivity index (χ0) is 20.9. The number of piperazine rings is 1. The number of nitrogens with zero attached hydrogens (tertiary/aromatic N) is 2. The van der Waals surface area contributed by atoms with Crippen molar-refractivity contribution in [3.05, 3.63) is 60.2 Å². The van der Waals surface area contributed by atoms with Crippen LogP contribution in [0.4, 0.5) is 10.5 Å². The maximum absolute atomic E-state index is 13.5. The molecule has 0 aliphatic carbocycles. The number of benzene rings is 2. The molecule has 7 nitrogen and oxygen atoms in total. The second kappa shape index (κ2) is 9.17. The maximum Gasteiger partial charge on any atom is 0.410 e. The van der Waals surface area contributed by atoms with Gasteiger partial charge in [0, 0.05) is 0 Å². The van der Waals surface area contributed by atoms with Gasteiger partial charge in [-0.2, -0.15) is 0 Å². The molecule has 2 amide bonds. The minimum Gasteiger partial charge on any atom is -0.489 e. The summed E-state index contributed by atoms with van der Waals surface area (Å²) in [6.45, 7) is 5.65. The van der Waals surface area contributed by atoms with Gasteiger partial charge in [-0.25, -0.2) is 4.79 Å². The Hall–Kier alpha value is -3.06. The smallest absolute Gasteiger partial charge is 0.410 e. The average Bonchev–Trinajstić information content (AvgIpc) is 2.79.